The van der Waals surface area contributed by atoms with Crippen molar-refractivity contribution in [3.8, 4) is 0 Å². The first-order valence-electron chi connectivity index (χ1n) is 5.25. The highest BCUT2D eigenvalue weighted by molar-refractivity contribution is 9.25. The summed E-state index contributed by atoms with van der Waals surface area (Å²) in [5, 5.41) is 0. The molecule has 1 saturated carbocycles. The van der Waals surface area contributed by atoms with E-state index in [9.17, 15) is 0 Å². The molecule has 0 aromatic heterocycles. The molecule has 1 aliphatic carbocycles. The van der Waals surface area contributed by atoms with Crippen LogP contribution in [0.5, 0.6) is 0 Å². The Morgan fingerprint density at radius 2 is 1.81 bits per heavy atom. The van der Waals surface area contributed by atoms with Gasteiger partial charge in [-0.25, -0.2) is 0 Å². The van der Waals surface area contributed by atoms with Crippen LogP contribution in [0, 0.1) is 0 Å². The molecule has 2 unspecified atom stereocenters. The molecule has 16 heavy (non-hydrogen) atoms. The normalized spacial score (nSPS) is 51.9. The maximum Gasteiger partial charge on any atom is 0.187 e. The minimum atomic E-state index is -0.568. The maximum absolute atomic E-state index is 5.93. The van der Waals surface area contributed by atoms with Crippen LogP contribution in [0.4, 0.5) is 0 Å². The topological polar surface area (TPSA) is 36.9 Å². The molecule has 2 aliphatic heterocycles. The molecule has 0 bridgehead atoms. The van der Waals surface area contributed by atoms with E-state index in [1.807, 2.05) is 13.8 Å². The molecule has 0 radical (unpaired) electrons. The number of hydrogen-bond acceptors (Lipinski definition) is 4. The van der Waals surface area contributed by atoms with E-state index in [4.69, 9.17) is 18.9 Å². The van der Waals surface area contributed by atoms with Crippen LogP contribution in [0.1, 0.15) is 20.3 Å². The fourth-order valence-electron chi connectivity index (χ4n) is 2.59. The zero-order valence-electron chi connectivity index (χ0n) is 9.33. The van der Waals surface area contributed by atoms with E-state index in [1.165, 1.54) is 0 Å². The second kappa shape index (κ2) is 3.22. The van der Waals surface area contributed by atoms with Crippen molar-refractivity contribution in [2.24, 2.45) is 0 Å². The summed E-state index contributed by atoms with van der Waals surface area (Å²) >= 11 is 7.20. The van der Waals surface area contributed by atoms with Gasteiger partial charge in [0, 0.05) is 13.5 Å². The van der Waals surface area contributed by atoms with Crippen molar-refractivity contribution >= 4 is 31.9 Å². The predicted molar refractivity (Wildman–Crippen MR) is 63.6 cm³/mol. The Morgan fingerprint density at radius 1 is 1.19 bits per heavy atom. The SMILES string of the molecule is COC1O[C@]2(CC2(Br)Br)[C@@H]2OC(C)(C)OC12. The van der Waals surface area contributed by atoms with Crippen molar-refractivity contribution in [2.45, 2.75) is 53.4 Å². The van der Waals surface area contributed by atoms with Crippen LogP contribution in [-0.2, 0) is 18.9 Å². The summed E-state index contributed by atoms with van der Waals surface area (Å²) < 4.78 is 22.8. The average molecular weight is 358 g/mol. The van der Waals surface area contributed by atoms with Crippen molar-refractivity contribution in [2.75, 3.05) is 7.11 Å². The number of alkyl halides is 2. The third-order valence-electron chi connectivity index (χ3n) is 3.39. The molecule has 3 aliphatic rings. The highest BCUT2D eigenvalue weighted by atomic mass is 79.9. The number of rotatable bonds is 1. The number of ether oxygens (including phenoxy) is 4. The summed E-state index contributed by atoms with van der Waals surface area (Å²) in [4.78, 5) is 0. The van der Waals surface area contributed by atoms with Crippen molar-refractivity contribution in [1.82, 2.24) is 0 Å². The molecule has 0 aromatic rings. The van der Waals surface area contributed by atoms with E-state index in [-0.39, 0.29) is 27.3 Å². The minimum absolute atomic E-state index is 0.0915. The lowest BCUT2D eigenvalue weighted by Crippen LogP contribution is -2.35. The minimum Gasteiger partial charge on any atom is -0.353 e. The Labute approximate surface area is 111 Å². The van der Waals surface area contributed by atoms with Crippen molar-refractivity contribution in [3.05, 3.63) is 0 Å². The predicted octanol–water partition coefficient (Wildman–Crippen LogP) is 2.14. The first-order valence-corrected chi connectivity index (χ1v) is 6.84. The van der Waals surface area contributed by atoms with Gasteiger partial charge in [-0.3, -0.25) is 0 Å². The maximum atomic E-state index is 5.93. The molecule has 0 aromatic carbocycles. The van der Waals surface area contributed by atoms with Gasteiger partial charge in [-0.2, -0.15) is 0 Å². The average Bonchev–Trinajstić information content (AvgIpc) is 2.45. The summed E-state index contributed by atoms with van der Waals surface area (Å²) in [6.07, 6.45) is 0.243. The highest BCUT2D eigenvalue weighted by Crippen LogP contribution is 2.69. The van der Waals surface area contributed by atoms with Crippen LogP contribution in [-0.4, -0.2) is 40.2 Å². The molecule has 6 heteroatoms. The van der Waals surface area contributed by atoms with Crippen LogP contribution >= 0.6 is 31.9 Å². The third kappa shape index (κ3) is 1.40. The third-order valence-corrected chi connectivity index (χ3v) is 5.30. The van der Waals surface area contributed by atoms with Gasteiger partial charge in [0.25, 0.3) is 0 Å². The Hall–Kier alpha value is 0.800. The molecule has 0 N–H and O–H groups in total. The number of halogens is 2. The van der Waals surface area contributed by atoms with Gasteiger partial charge in [-0.1, -0.05) is 31.9 Å². The van der Waals surface area contributed by atoms with Crippen LogP contribution in [0.2, 0.25) is 0 Å². The van der Waals surface area contributed by atoms with Gasteiger partial charge >= 0.3 is 0 Å². The number of hydrogen-bond donors (Lipinski definition) is 0. The molecule has 2 saturated heterocycles. The summed E-state index contributed by atoms with van der Waals surface area (Å²) in [5.41, 5.74) is -0.369. The van der Waals surface area contributed by atoms with Gasteiger partial charge in [0.1, 0.15) is 21.0 Å². The molecule has 3 fully saturated rings. The summed E-state index contributed by atoms with van der Waals surface area (Å²) in [6.45, 7) is 3.83. The van der Waals surface area contributed by atoms with E-state index < -0.39 is 5.79 Å². The Bertz CT molecular complexity index is 333. The molecular weight excluding hydrogens is 344 g/mol. The zero-order valence-corrected chi connectivity index (χ0v) is 12.5. The van der Waals surface area contributed by atoms with Crippen LogP contribution in [0.3, 0.4) is 0 Å². The Morgan fingerprint density at radius 3 is 2.31 bits per heavy atom. The summed E-state index contributed by atoms with van der Waals surface area (Å²) in [7, 11) is 1.63. The van der Waals surface area contributed by atoms with Gasteiger partial charge in [0.2, 0.25) is 0 Å². The Balaban J connectivity index is 1.91. The lowest BCUT2D eigenvalue weighted by atomic mass is 10.1. The van der Waals surface area contributed by atoms with Gasteiger partial charge in [0.05, 0.1) is 0 Å². The fraction of sp³-hybridized carbons (Fsp3) is 1.00. The molecule has 1 spiro atoms. The second-order valence-electron chi connectivity index (χ2n) is 5.01. The highest BCUT2D eigenvalue weighted by Gasteiger charge is 2.80. The van der Waals surface area contributed by atoms with Crippen molar-refractivity contribution in [1.29, 1.82) is 0 Å². The fourth-order valence-corrected chi connectivity index (χ4v) is 4.07. The molecular formula is C10H14Br2O4. The first-order chi connectivity index (χ1) is 7.31. The lowest BCUT2D eigenvalue weighted by molar-refractivity contribution is -0.232. The summed E-state index contributed by atoms with van der Waals surface area (Å²) in [5.74, 6) is -0.568. The Kier molecular flexibility index (Phi) is 2.39. The van der Waals surface area contributed by atoms with Gasteiger partial charge in [0.15, 0.2) is 12.1 Å². The molecule has 92 valence electrons. The smallest absolute Gasteiger partial charge is 0.187 e. The monoisotopic (exact) mass is 356 g/mol. The van der Waals surface area contributed by atoms with E-state index in [2.05, 4.69) is 31.9 Å². The van der Waals surface area contributed by atoms with Gasteiger partial charge in [-0.15, -0.1) is 0 Å². The number of methoxy groups -OCH3 is 1. The van der Waals surface area contributed by atoms with Gasteiger partial charge < -0.3 is 18.9 Å². The van der Waals surface area contributed by atoms with Crippen LogP contribution in [0.15, 0.2) is 0 Å². The van der Waals surface area contributed by atoms with E-state index in [0.717, 1.165) is 6.42 Å². The van der Waals surface area contributed by atoms with E-state index in [0.29, 0.717) is 0 Å². The lowest BCUT2D eigenvalue weighted by Gasteiger charge is -2.24. The number of fused-ring (bicyclic) bond motifs is 2. The largest absolute Gasteiger partial charge is 0.353 e. The quantitative estimate of drug-likeness (QED) is 0.674. The van der Waals surface area contributed by atoms with Crippen LogP contribution in [0.25, 0.3) is 0 Å². The second-order valence-corrected chi connectivity index (χ2v) is 8.79. The molecule has 4 nitrogen and oxygen atoms in total. The molecule has 0 amide bonds. The van der Waals surface area contributed by atoms with Crippen molar-refractivity contribution in [3.63, 3.8) is 0 Å². The van der Waals surface area contributed by atoms with Gasteiger partial charge in [-0.05, 0) is 13.8 Å². The first kappa shape index (κ1) is 11.9. The molecule has 3 rings (SSSR count). The molecule has 2 heterocycles. The van der Waals surface area contributed by atoms with Crippen molar-refractivity contribution < 1.29 is 18.9 Å². The van der Waals surface area contributed by atoms with E-state index >= 15 is 0 Å². The zero-order chi connectivity index (χ0) is 11.8. The molecule has 4 atom stereocenters. The van der Waals surface area contributed by atoms with Crippen LogP contribution < -0.4 is 0 Å². The van der Waals surface area contributed by atoms with E-state index in [1.54, 1.807) is 7.11 Å². The standard InChI is InChI=1S/C10H14Br2O4/c1-8(2)14-5-6(15-8)9(4-10(9,11)12)16-7(5)13-3/h5-7H,4H2,1-3H3/t5?,6-,7?,9-/m1/s1. The summed E-state index contributed by atoms with van der Waals surface area (Å²) in [6, 6.07) is 0.